The van der Waals surface area contributed by atoms with Gasteiger partial charge in [-0.2, -0.15) is 0 Å². The van der Waals surface area contributed by atoms with E-state index in [1.54, 1.807) is 0 Å². The number of benzene rings is 1. The van der Waals surface area contributed by atoms with Gasteiger partial charge in [-0.25, -0.2) is 0 Å². The van der Waals surface area contributed by atoms with Gasteiger partial charge in [0.1, 0.15) is 0 Å². The van der Waals surface area contributed by atoms with Crippen molar-refractivity contribution in [1.82, 2.24) is 4.90 Å². The molecule has 1 unspecified atom stereocenters. The first-order valence-corrected chi connectivity index (χ1v) is 6.50. The number of piperidine rings is 1. The Balaban J connectivity index is 1.93. The van der Waals surface area contributed by atoms with E-state index < -0.39 is 0 Å². The number of rotatable bonds is 2. The van der Waals surface area contributed by atoms with Crippen LogP contribution in [0.1, 0.15) is 25.3 Å². The predicted octanol–water partition coefficient (Wildman–Crippen LogP) is 3.68. The molecule has 1 heterocycles. The third kappa shape index (κ3) is 3.32. The second kappa shape index (κ2) is 5.13. The molecular formula is C13H18BrN. The molecule has 0 amide bonds. The van der Waals surface area contributed by atoms with Crippen molar-refractivity contribution in [2.45, 2.75) is 26.3 Å². The molecule has 1 aliphatic rings. The average Bonchev–Trinajstić information content (AvgIpc) is 2.22. The summed E-state index contributed by atoms with van der Waals surface area (Å²) in [6, 6.07) is 8.68. The lowest BCUT2D eigenvalue weighted by molar-refractivity contribution is 0.176. The quantitative estimate of drug-likeness (QED) is 0.790. The van der Waals surface area contributed by atoms with Gasteiger partial charge in [-0.3, -0.25) is 4.90 Å². The molecule has 0 bridgehead atoms. The Labute approximate surface area is 101 Å². The molecule has 0 saturated carbocycles. The maximum absolute atomic E-state index is 3.47. The van der Waals surface area contributed by atoms with Gasteiger partial charge in [-0.1, -0.05) is 35.0 Å². The minimum Gasteiger partial charge on any atom is -0.299 e. The van der Waals surface area contributed by atoms with Gasteiger partial charge in [-0.05, 0) is 43.0 Å². The predicted molar refractivity (Wildman–Crippen MR) is 67.8 cm³/mol. The Morgan fingerprint density at radius 1 is 1.33 bits per heavy atom. The monoisotopic (exact) mass is 267 g/mol. The molecule has 0 spiro atoms. The Kier molecular flexibility index (Phi) is 3.81. The van der Waals surface area contributed by atoms with Crippen LogP contribution in [0.4, 0.5) is 0 Å². The average molecular weight is 268 g/mol. The number of halogens is 1. The minimum absolute atomic E-state index is 0.870. The Bertz CT molecular complexity index is 307. The largest absolute Gasteiger partial charge is 0.299 e. The van der Waals surface area contributed by atoms with Crippen molar-refractivity contribution in [3.8, 4) is 0 Å². The van der Waals surface area contributed by atoms with Crippen LogP contribution in [0, 0.1) is 5.92 Å². The van der Waals surface area contributed by atoms with Gasteiger partial charge in [0.25, 0.3) is 0 Å². The summed E-state index contributed by atoms with van der Waals surface area (Å²) in [5.74, 6) is 0.870. The van der Waals surface area contributed by atoms with Crippen LogP contribution in [0.15, 0.2) is 28.7 Å². The van der Waals surface area contributed by atoms with Crippen molar-refractivity contribution in [1.29, 1.82) is 0 Å². The van der Waals surface area contributed by atoms with Crippen molar-refractivity contribution < 1.29 is 0 Å². The van der Waals surface area contributed by atoms with Gasteiger partial charge in [0, 0.05) is 17.6 Å². The maximum Gasteiger partial charge on any atom is 0.0233 e. The molecule has 82 valence electrons. The van der Waals surface area contributed by atoms with E-state index in [-0.39, 0.29) is 0 Å². The molecule has 1 saturated heterocycles. The van der Waals surface area contributed by atoms with Crippen molar-refractivity contribution in [3.63, 3.8) is 0 Å². The maximum atomic E-state index is 3.47. The van der Waals surface area contributed by atoms with Crippen LogP contribution >= 0.6 is 15.9 Å². The molecule has 1 atom stereocenters. The van der Waals surface area contributed by atoms with E-state index in [0.29, 0.717) is 0 Å². The highest BCUT2D eigenvalue weighted by atomic mass is 79.9. The third-order valence-electron chi connectivity index (χ3n) is 3.06. The zero-order valence-corrected chi connectivity index (χ0v) is 10.8. The van der Waals surface area contributed by atoms with Crippen LogP contribution in [0.3, 0.4) is 0 Å². The summed E-state index contributed by atoms with van der Waals surface area (Å²) < 4.78 is 1.17. The molecule has 1 nitrogen and oxygen atoms in total. The number of hydrogen-bond donors (Lipinski definition) is 0. The second-order valence-corrected chi connectivity index (χ2v) is 5.52. The summed E-state index contributed by atoms with van der Waals surface area (Å²) in [6.45, 7) is 5.99. The number of nitrogens with zero attached hydrogens (tertiary/aromatic N) is 1. The lowest BCUT2D eigenvalue weighted by Gasteiger charge is -2.30. The summed E-state index contributed by atoms with van der Waals surface area (Å²) >= 11 is 3.47. The highest BCUT2D eigenvalue weighted by Crippen LogP contribution is 2.18. The zero-order chi connectivity index (χ0) is 10.7. The second-order valence-electron chi connectivity index (χ2n) is 4.61. The van der Waals surface area contributed by atoms with Crippen molar-refractivity contribution in [2.75, 3.05) is 13.1 Å². The van der Waals surface area contributed by atoms with E-state index in [1.807, 2.05) is 0 Å². The zero-order valence-electron chi connectivity index (χ0n) is 9.25. The Hall–Kier alpha value is -0.340. The van der Waals surface area contributed by atoms with E-state index in [9.17, 15) is 0 Å². The first-order chi connectivity index (χ1) is 7.24. The molecule has 0 N–H and O–H groups in total. The SMILES string of the molecule is CC1CCCN(Cc2ccc(Br)cc2)C1. The Morgan fingerprint density at radius 2 is 2.07 bits per heavy atom. The Morgan fingerprint density at radius 3 is 2.73 bits per heavy atom. The van der Waals surface area contributed by atoms with E-state index in [1.165, 1.54) is 36.0 Å². The molecule has 1 aromatic rings. The normalized spacial score (nSPS) is 22.9. The molecule has 0 radical (unpaired) electrons. The minimum atomic E-state index is 0.870. The van der Waals surface area contributed by atoms with Crippen molar-refractivity contribution in [3.05, 3.63) is 34.3 Å². The molecule has 15 heavy (non-hydrogen) atoms. The smallest absolute Gasteiger partial charge is 0.0233 e. The van der Waals surface area contributed by atoms with Gasteiger partial charge in [-0.15, -0.1) is 0 Å². The summed E-state index contributed by atoms with van der Waals surface area (Å²) in [5, 5.41) is 0. The van der Waals surface area contributed by atoms with Crippen LogP contribution in [0.25, 0.3) is 0 Å². The van der Waals surface area contributed by atoms with E-state index in [2.05, 4.69) is 52.0 Å². The molecule has 1 aliphatic heterocycles. The molecule has 0 aliphatic carbocycles. The van der Waals surface area contributed by atoms with Gasteiger partial charge in [0.05, 0.1) is 0 Å². The van der Waals surface area contributed by atoms with Gasteiger partial charge in [0.2, 0.25) is 0 Å². The van der Waals surface area contributed by atoms with Crippen LogP contribution in [-0.4, -0.2) is 18.0 Å². The van der Waals surface area contributed by atoms with E-state index >= 15 is 0 Å². The van der Waals surface area contributed by atoms with Crippen molar-refractivity contribution >= 4 is 15.9 Å². The lowest BCUT2D eigenvalue weighted by atomic mass is 10.00. The van der Waals surface area contributed by atoms with E-state index in [4.69, 9.17) is 0 Å². The first-order valence-electron chi connectivity index (χ1n) is 5.71. The molecule has 0 aromatic heterocycles. The van der Waals surface area contributed by atoms with Crippen LogP contribution in [0.5, 0.6) is 0 Å². The molecule has 1 aromatic carbocycles. The standard InChI is InChI=1S/C13H18BrN/c1-11-3-2-8-15(9-11)10-12-4-6-13(14)7-5-12/h4-7,11H,2-3,8-10H2,1H3. The topological polar surface area (TPSA) is 3.24 Å². The summed E-state index contributed by atoms with van der Waals surface area (Å²) in [6.07, 6.45) is 2.76. The summed E-state index contributed by atoms with van der Waals surface area (Å²) in [5.41, 5.74) is 1.42. The summed E-state index contributed by atoms with van der Waals surface area (Å²) in [4.78, 5) is 2.57. The third-order valence-corrected chi connectivity index (χ3v) is 3.59. The summed E-state index contributed by atoms with van der Waals surface area (Å²) in [7, 11) is 0. The van der Waals surface area contributed by atoms with Gasteiger partial charge >= 0.3 is 0 Å². The molecule has 1 fully saturated rings. The van der Waals surface area contributed by atoms with Gasteiger partial charge in [0.15, 0.2) is 0 Å². The first kappa shape index (κ1) is 11.2. The highest BCUT2D eigenvalue weighted by Gasteiger charge is 2.15. The van der Waals surface area contributed by atoms with Crippen LogP contribution in [0.2, 0.25) is 0 Å². The fourth-order valence-electron chi connectivity index (χ4n) is 2.28. The molecule has 2 rings (SSSR count). The van der Waals surface area contributed by atoms with Gasteiger partial charge < -0.3 is 0 Å². The van der Waals surface area contributed by atoms with E-state index in [0.717, 1.165) is 12.5 Å². The molecular weight excluding hydrogens is 250 g/mol. The lowest BCUT2D eigenvalue weighted by Crippen LogP contribution is -2.33. The molecule has 2 heteroatoms. The van der Waals surface area contributed by atoms with Crippen LogP contribution < -0.4 is 0 Å². The van der Waals surface area contributed by atoms with Crippen LogP contribution in [-0.2, 0) is 6.54 Å². The number of likely N-dealkylation sites (tertiary alicyclic amines) is 1. The number of hydrogen-bond acceptors (Lipinski definition) is 1. The highest BCUT2D eigenvalue weighted by molar-refractivity contribution is 9.10. The van der Waals surface area contributed by atoms with Crippen molar-refractivity contribution in [2.24, 2.45) is 5.92 Å². The fourth-order valence-corrected chi connectivity index (χ4v) is 2.54. The fraction of sp³-hybridized carbons (Fsp3) is 0.538.